The van der Waals surface area contributed by atoms with Gasteiger partial charge in [0.15, 0.2) is 6.73 Å². The molecule has 1 aliphatic rings. The highest BCUT2D eigenvalue weighted by Gasteiger charge is 2.36. The topological polar surface area (TPSA) is 102 Å². The molecule has 2 aromatic rings. The van der Waals surface area contributed by atoms with Crippen LogP contribution in [0, 0.1) is 0 Å². The van der Waals surface area contributed by atoms with Crippen LogP contribution in [0.3, 0.4) is 0 Å². The summed E-state index contributed by atoms with van der Waals surface area (Å²) >= 11 is 0. The maximum Gasteiger partial charge on any atom is 0.330 e. The average Bonchev–Trinajstić information content (AvgIpc) is 3.01. The van der Waals surface area contributed by atoms with Gasteiger partial charge in [0.05, 0.1) is 18.2 Å². The van der Waals surface area contributed by atoms with E-state index in [4.69, 9.17) is 9.47 Å². The number of hydrogen-bond donors (Lipinski definition) is 1. The zero-order valence-electron chi connectivity index (χ0n) is 16.5. The predicted molar refractivity (Wildman–Crippen MR) is 108 cm³/mol. The Balaban J connectivity index is 1.50. The molecule has 0 fully saturated rings. The smallest absolute Gasteiger partial charge is 0.330 e. The molecule has 0 aliphatic carbocycles. The van der Waals surface area contributed by atoms with Gasteiger partial charge in [0, 0.05) is 6.08 Å². The Bertz CT molecular complexity index is 978. The van der Waals surface area contributed by atoms with Crippen LogP contribution in [-0.2, 0) is 14.3 Å². The summed E-state index contributed by atoms with van der Waals surface area (Å²) in [6, 6.07) is 12.5. The summed E-state index contributed by atoms with van der Waals surface area (Å²) < 4.78 is 10.1. The van der Waals surface area contributed by atoms with Crippen LogP contribution >= 0.6 is 0 Å². The highest BCUT2D eigenvalue weighted by molar-refractivity contribution is 6.21. The van der Waals surface area contributed by atoms with E-state index < -0.39 is 36.5 Å². The molecule has 154 valence electrons. The standard InChI is InChI=1S/C22H20N2O6/c1-14(23-19(25)12-9-15-7-10-16(29-2)11-8-15)22(28)30-13-24-20(26)17-5-3-4-6-18(17)21(24)27/h3-12,14H,13H2,1-2H3,(H,23,25). The molecule has 1 atom stereocenters. The Labute approximate surface area is 173 Å². The van der Waals surface area contributed by atoms with Crippen LogP contribution in [0.15, 0.2) is 54.6 Å². The Hall–Kier alpha value is -3.94. The molecule has 0 bridgehead atoms. The lowest BCUT2D eigenvalue weighted by Crippen LogP contribution is -2.41. The molecular weight excluding hydrogens is 388 g/mol. The fraction of sp³-hybridized carbons (Fsp3) is 0.182. The van der Waals surface area contributed by atoms with Gasteiger partial charge in [-0.25, -0.2) is 9.69 Å². The van der Waals surface area contributed by atoms with Gasteiger partial charge in [-0.15, -0.1) is 0 Å². The number of methoxy groups -OCH3 is 1. The monoisotopic (exact) mass is 408 g/mol. The predicted octanol–water partition coefficient (Wildman–Crippen LogP) is 2.01. The van der Waals surface area contributed by atoms with Gasteiger partial charge in [-0.2, -0.15) is 0 Å². The van der Waals surface area contributed by atoms with Crippen LogP contribution in [0.2, 0.25) is 0 Å². The lowest BCUT2D eigenvalue weighted by Gasteiger charge is -2.16. The van der Waals surface area contributed by atoms with E-state index >= 15 is 0 Å². The minimum atomic E-state index is -0.965. The molecule has 1 heterocycles. The van der Waals surface area contributed by atoms with Crippen molar-refractivity contribution in [2.75, 3.05) is 13.8 Å². The number of esters is 1. The number of nitrogens with one attached hydrogen (secondary N) is 1. The van der Waals surface area contributed by atoms with Gasteiger partial charge in [0.2, 0.25) is 5.91 Å². The molecule has 1 unspecified atom stereocenters. The molecular formula is C22H20N2O6. The summed E-state index contributed by atoms with van der Waals surface area (Å²) in [5, 5.41) is 2.47. The fourth-order valence-corrected chi connectivity index (χ4v) is 2.82. The zero-order chi connectivity index (χ0) is 21.7. The molecule has 1 aliphatic heterocycles. The van der Waals surface area contributed by atoms with Crippen molar-refractivity contribution in [1.29, 1.82) is 0 Å². The van der Waals surface area contributed by atoms with Crippen molar-refractivity contribution in [3.63, 3.8) is 0 Å². The van der Waals surface area contributed by atoms with E-state index in [1.807, 2.05) is 0 Å². The van der Waals surface area contributed by atoms with Gasteiger partial charge in [0.25, 0.3) is 11.8 Å². The quantitative estimate of drug-likeness (QED) is 0.427. The molecule has 0 spiro atoms. The third-order valence-electron chi connectivity index (χ3n) is 4.47. The molecule has 1 N–H and O–H groups in total. The molecule has 8 nitrogen and oxygen atoms in total. The first-order chi connectivity index (χ1) is 14.4. The van der Waals surface area contributed by atoms with Gasteiger partial charge in [-0.3, -0.25) is 14.4 Å². The number of nitrogens with zero attached hydrogens (tertiary/aromatic N) is 1. The number of fused-ring (bicyclic) bond motifs is 1. The van der Waals surface area contributed by atoms with E-state index in [9.17, 15) is 19.2 Å². The van der Waals surface area contributed by atoms with Gasteiger partial charge in [0.1, 0.15) is 11.8 Å². The third kappa shape index (κ3) is 4.54. The molecule has 2 aromatic carbocycles. The number of amides is 3. The van der Waals surface area contributed by atoms with E-state index in [1.54, 1.807) is 49.6 Å². The first-order valence-electron chi connectivity index (χ1n) is 9.15. The van der Waals surface area contributed by atoms with Gasteiger partial charge < -0.3 is 14.8 Å². The minimum absolute atomic E-state index is 0.267. The minimum Gasteiger partial charge on any atom is -0.497 e. The maximum atomic E-state index is 12.3. The van der Waals surface area contributed by atoms with E-state index in [0.29, 0.717) is 5.75 Å². The van der Waals surface area contributed by atoms with Crippen molar-refractivity contribution in [2.45, 2.75) is 13.0 Å². The number of benzene rings is 2. The second-order valence-corrected chi connectivity index (χ2v) is 6.51. The fourth-order valence-electron chi connectivity index (χ4n) is 2.82. The zero-order valence-corrected chi connectivity index (χ0v) is 16.5. The molecule has 0 radical (unpaired) electrons. The van der Waals surface area contributed by atoms with Gasteiger partial charge in [-0.05, 0) is 42.8 Å². The van der Waals surface area contributed by atoms with Crippen LogP contribution in [0.4, 0.5) is 0 Å². The Morgan fingerprint density at radius 2 is 1.63 bits per heavy atom. The van der Waals surface area contributed by atoms with Gasteiger partial charge >= 0.3 is 5.97 Å². The first-order valence-corrected chi connectivity index (χ1v) is 9.15. The average molecular weight is 408 g/mol. The summed E-state index contributed by atoms with van der Waals surface area (Å²) in [5.74, 6) is -1.61. The number of hydrogen-bond acceptors (Lipinski definition) is 6. The number of imide groups is 1. The maximum absolute atomic E-state index is 12.3. The molecule has 30 heavy (non-hydrogen) atoms. The summed E-state index contributed by atoms with van der Waals surface area (Å²) in [7, 11) is 1.56. The third-order valence-corrected chi connectivity index (χ3v) is 4.47. The Morgan fingerprint density at radius 1 is 1.03 bits per heavy atom. The van der Waals surface area contributed by atoms with E-state index in [1.165, 1.54) is 25.1 Å². The van der Waals surface area contributed by atoms with Crippen molar-refractivity contribution < 1.29 is 28.7 Å². The van der Waals surface area contributed by atoms with Crippen LogP contribution in [0.25, 0.3) is 6.08 Å². The van der Waals surface area contributed by atoms with Crippen molar-refractivity contribution in [3.05, 3.63) is 71.3 Å². The second kappa shape index (κ2) is 9.04. The second-order valence-electron chi connectivity index (χ2n) is 6.51. The normalized spacial score (nSPS) is 13.9. The van der Waals surface area contributed by atoms with E-state index in [0.717, 1.165) is 10.5 Å². The van der Waals surface area contributed by atoms with Crippen LogP contribution in [0.5, 0.6) is 5.75 Å². The first kappa shape index (κ1) is 20.8. The molecule has 0 saturated heterocycles. The number of ether oxygens (including phenoxy) is 2. The number of rotatable bonds is 7. The van der Waals surface area contributed by atoms with Crippen molar-refractivity contribution in [1.82, 2.24) is 10.2 Å². The highest BCUT2D eigenvalue weighted by atomic mass is 16.5. The molecule has 3 rings (SSSR count). The van der Waals surface area contributed by atoms with E-state index in [2.05, 4.69) is 5.32 Å². The molecule has 0 aromatic heterocycles. The lowest BCUT2D eigenvalue weighted by molar-refractivity contribution is -0.149. The Morgan fingerprint density at radius 3 is 2.20 bits per heavy atom. The van der Waals surface area contributed by atoms with E-state index in [-0.39, 0.29) is 11.1 Å². The van der Waals surface area contributed by atoms with Crippen molar-refractivity contribution in [2.24, 2.45) is 0 Å². The summed E-state index contributed by atoms with van der Waals surface area (Å²) in [4.78, 5) is 49.5. The SMILES string of the molecule is COc1ccc(C=CC(=O)NC(C)C(=O)OCN2C(=O)c3ccccc3C2=O)cc1. The summed E-state index contributed by atoms with van der Waals surface area (Å²) in [6.45, 7) is 0.927. The number of carbonyl (C=O) groups is 4. The van der Waals surface area contributed by atoms with Gasteiger partial charge in [-0.1, -0.05) is 24.3 Å². The molecule has 8 heteroatoms. The highest BCUT2D eigenvalue weighted by Crippen LogP contribution is 2.22. The van der Waals surface area contributed by atoms with Crippen molar-refractivity contribution >= 4 is 29.8 Å². The van der Waals surface area contributed by atoms with Crippen molar-refractivity contribution in [3.8, 4) is 5.75 Å². The number of carbonyl (C=O) groups excluding carboxylic acids is 4. The van der Waals surface area contributed by atoms with Crippen LogP contribution in [-0.4, -0.2) is 48.5 Å². The lowest BCUT2D eigenvalue weighted by atomic mass is 10.1. The Kier molecular flexibility index (Phi) is 6.26. The molecule has 3 amide bonds. The summed E-state index contributed by atoms with van der Waals surface area (Å²) in [6.07, 6.45) is 2.88. The van der Waals surface area contributed by atoms with Crippen LogP contribution in [0.1, 0.15) is 33.2 Å². The molecule has 0 saturated carbocycles. The largest absolute Gasteiger partial charge is 0.497 e. The summed E-state index contributed by atoms with van der Waals surface area (Å²) in [5.41, 5.74) is 1.32. The van der Waals surface area contributed by atoms with Crippen LogP contribution < -0.4 is 10.1 Å².